The molecule has 1 aliphatic rings. The van der Waals surface area contributed by atoms with Gasteiger partial charge in [0.1, 0.15) is 5.52 Å². The second kappa shape index (κ2) is 6.34. The van der Waals surface area contributed by atoms with E-state index in [9.17, 15) is 0 Å². The zero-order valence-electron chi connectivity index (χ0n) is 12.9. The fraction of sp³-hybridized carbons (Fsp3) is 0.353. The lowest BCUT2D eigenvalue weighted by atomic mass is 10.1. The van der Waals surface area contributed by atoms with Crippen molar-refractivity contribution in [2.24, 2.45) is 0 Å². The number of rotatable bonds is 4. The van der Waals surface area contributed by atoms with E-state index in [4.69, 9.17) is 4.42 Å². The van der Waals surface area contributed by atoms with Crippen molar-refractivity contribution >= 4 is 16.9 Å². The Balaban J connectivity index is 1.38. The molecule has 1 fully saturated rings. The number of fused-ring (bicyclic) bond motifs is 1. The lowest BCUT2D eigenvalue weighted by Gasteiger charge is -2.33. The first kappa shape index (κ1) is 14.1. The largest absolute Gasteiger partial charge is 0.439 e. The highest BCUT2D eigenvalue weighted by Crippen LogP contribution is 2.18. The predicted molar refractivity (Wildman–Crippen MR) is 88.1 cm³/mol. The minimum absolute atomic E-state index is 0.403. The number of hydrogen-bond donors (Lipinski definition) is 1. The van der Waals surface area contributed by atoms with Crippen LogP contribution in [0.1, 0.15) is 18.7 Å². The van der Waals surface area contributed by atoms with Crippen LogP contribution in [0.2, 0.25) is 0 Å². The summed E-state index contributed by atoms with van der Waals surface area (Å²) in [6, 6.07) is 12.2. The normalized spacial score (nSPS) is 18.4. The highest BCUT2D eigenvalue weighted by Gasteiger charge is 2.21. The number of aromatic nitrogens is 3. The third kappa shape index (κ3) is 3.17. The van der Waals surface area contributed by atoms with Crippen molar-refractivity contribution in [2.75, 3.05) is 18.0 Å². The summed E-state index contributed by atoms with van der Waals surface area (Å²) in [5, 5.41) is 11.7. The quantitative estimate of drug-likeness (QED) is 0.798. The summed E-state index contributed by atoms with van der Waals surface area (Å²) in [4.78, 5) is 6.79. The summed E-state index contributed by atoms with van der Waals surface area (Å²) in [7, 11) is 0. The van der Waals surface area contributed by atoms with Gasteiger partial charge in [-0.25, -0.2) is 4.98 Å². The van der Waals surface area contributed by atoms with E-state index in [0.717, 1.165) is 48.7 Å². The second-order valence-corrected chi connectivity index (χ2v) is 5.82. The second-order valence-electron chi connectivity index (χ2n) is 5.82. The van der Waals surface area contributed by atoms with Crippen LogP contribution < -0.4 is 10.2 Å². The third-order valence-electron chi connectivity index (χ3n) is 4.18. The molecule has 4 rings (SSSR count). The van der Waals surface area contributed by atoms with Gasteiger partial charge in [-0.2, -0.15) is 5.10 Å². The fourth-order valence-corrected chi connectivity index (χ4v) is 3.04. The van der Waals surface area contributed by atoms with Crippen LogP contribution in [0.15, 0.2) is 47.0 Å². The molecule has 0 radical (unpaired) electrons. The fourth-order valence-electron chi connectivity index (χ4n) is 3.04. The summed E-state index contributed by atoms with van der Waals surface area (Å²) in [6.07, 6.45) is 4.00. The number of nitrogens with zero attached hydrogens (tertiary/aromatic N) is 4. The van der Waals surface area contributed by atoms with Crippen LogP contribution in [0.3, 0.4) is 0 Å². The highest BCUT2D eigenvalue weighted by molar-refractivity contribution is 5.72. The number of benzene rings is 1. The highest BCUT2D eigenvalue weighted by atomic mass is 16.3. The SMILES string of the molecule is c1cnnc(N2CCC[C@@H](NCc3nc4ccccc4o3)C2)c1. The molecule has 23 heavy (non-hydrogen) atoms. The van der Waals surface area contributed by atoms with Gasteiger partial charge in [-0.1, -0.05) is 12.1 Å². The maximum absolute atomic E-state index is 5.76. The van der Waals surface area contributed by atoms with Crippen LogP contribution in [0.5, 0.6) is 0 Å². The maximum Gasteiger partial charge on any atom is 0.209 e. The molecule has 2 aromatic heterocycles. The molecule has 6 heteroatoms. The Morgan fingerprint density at radius 3 is 3.04 bits per heavy atom. The Morgan fingerprint density at radius 2 is 2.17 bits per heavy atom. The number of oxazole rings is 1. The molecule has 3 aromatic rings. The molecule has 3 heterocycles. The van der Waals surface area contributed by atoms with Gasteiger partial charge in [0.25, 0.3) is 0 Å². The molecule has 1 N–H and O–H groups in total. The molecule has 6 nitrogen and oxygen atoms in total. The smallest absolute Gasteiger partial charge is 0.209 e. The first-order valence-corrected chi connectivity index (χ1v) is 7.99. The molecule has 1 saturated heterocycles. The van der Waals surface area contributed by atoms with Gasteiger partial charge >= 0.3 is 0 Å². The topological polar surface area (TPSA) is 67.1 Å². The van der Waals surface area contributed by atoms with E-state index >= 15 is 0 Å². The number of para-hydroxylation sites is 2. The minimum atomic E-state index is 0.403. The van der Waals surface area contributed by atoms with Gasteiger partial charge in [-0.15, -0.1) is 5.10 Å². The average molecular weight is 309 g/mol. The molecular weight excluding hydrogens is 290 g/mol. The molecule has 1 aliphatic heterocycles. The third-order valence-corrected chi connectivity index (χ3v) is 4.18. The molecule has 1 atom stereocenters. The first-order valence-electron chi connectivity index (χ1n) is 7.99. The molecule has 0 spiro atoms. The van der Waals surface area contributed by atoms with Gasteiger partial charge in [0, 0.05) is 25.3 Å². The monoisotopic (exact) mass is 309 g/mol. The van der Waals surface area contributed by atoms with Crippen LogP contribution in [0.4, 0.5) is 5.82 Å². The Hall–Kier alpha value is -2.47. The van der Waals surface area contributed by atoms with Gasteiger partial charge in [0.15, 0.2) is 11.4 Å². The summed E-state index contributed by atoms with van der Waals surface area (Å²) < 4.78 is 5.76. The Labute approximate surface area is 134 Å². The van der Waals surface area contributed by atoms with Gasteiger partial charge in [0.05, 0.1) is 6.54 Å². The summed E-state index contributed by atoms with van der Waals surface area (Å²) in [5.41, 5.74) is 1.75. The van der Waals surface area contributed by atoms with Crippen LogP contribution >= 0.6 is 0 Å². The Bertz CT molecular complexity index is 740. The average Bonchev–Trinajstić information content (AvgIpc) is 3.04. The molecule has 0 aliphatic carbocycles. The lowest BCUT2D eigenvalue weighted by Crippen LogP contribution is -2.45. The standard InChI is InChI=1S/C17H19N5O/c1-2-7-15-14(6-1)20-17(23-15)11-18-13-5-4-10-22(12-13)16-8-3-9-19-21-16/h1-3,6-9,13,18H,4-5,10-12H2/t13-/m1/s1. The van der Waals surface area contributed by atoms with Crippen LogP contribution in [0.25, 0.3) is 11.1 Å². The Kier molecular flexibility index (Phi) is 3.90. The number of nitrogens with one attached hydrogen (secondary N) is 1. The van der Waals surface area contributed by atoms with E-state index in [-0.39, 0.29) is 0 Å². The number of anilines is 1. The van der Waals surface area contributed by atoms with Crippen LogP contribution in [-0.2, 0) is 6.54 Å². The van der Waals surface area contributed by atoms with Crippen LogP contribution in [0, 0.1) is 0 Å². The molecule has 118 valence electrons. The van der Waals surface area contributed by atoms with Crippen molar-refractivity contribution in [2.45, 2.75) is 25.4 Å². The van der Waals surface area contributed by atoms with E-state index in [2.05, 4.69) is 25.4 Å². The number of piperidine rings is 1. The van der Waals surface area contributed by atoms with E-state index in [1.165, 1.54) is 0 Å². The van der Waals surface area contributed by atoms with E-state index in [1.807, 2.05) is 36.4 Å². The van der Waals surface area contributed by atoms with E-state index < -0.39 is 0 Å². The summed E-state index contributed by atoms with van der Waals surface area (Å²) >= 11 is 0. The molecule has 0 unspecified atom stereocenters. The van der Waals surface area contributed by atoms with Crippen molar-refractivity contribution in [1.29, 1.82) is 0 Å². The van der Waals surface area contributed by atoms with Crippen LogP contribution in [-0.4, -0.2) is 34.3 Å². The summed E-state index contributed by atoms with van der Waals surface area (Å²) in [5.74, 6) is 1.68. The van der Waals surface area contributed by atoms with Crippen molar-refractivity contribution in [1.82, 2.24) is 20.5 Å². The van der Waals surface area contributed by atoms with Crippen molar-refractivity contribution in [3.05, 3.63) is 48.5 Å². The van der Waals surface area contributed by atoms with E-state index in [0.29, 0.717) is 12.6 Å². The zero-order chi connectivity index (χ0) is 15.5. The van der Waals surface area contributed by atoms with E-state index in [1.54, 1.807) is 6.20 Å². The van der Waals surface area contributed by atoms with Gasteiger partial charge in [0.2, 0.25) is 5.89 Å². The first-order chi connectivity index (χ1) is 11.4. The zero-order valence-corrected chi connectivity index (χ0v) is 12.9. The van der Waals surface area contributed by atoms with Gasteiger partial charge in [-0.05, 0) is 37.1 Å². The molecule has 0 saturated carbocycles. The summed E-state index contributed by atoms with van der Waals surface area (Å²) in [6.45, 7) is 2.60. The van der Waals surface area contributed by atoms with Gasteiger partial charge < -0.3 is 14.6 Å². The number of hydrogen-bond acceptors (Lipinski definition) is 6. The van der Waals surface area contributed by atoms with Gasteiger partial charge in [-0.3, -0.25) is 0 Å². The van der Waals surface area contributed by atoms with Crippen molar-refractivity contribution in [3.8, 4) is 0 Å². The van der Waals surface area contributed by atoms with Crippen molar-refractivity contribution in [3.63, 3.8) is 0 Å². The molecule has 0 amide bonds. The lowest BCUT2D eigenvalue weighted by molar-refractivity contribution is 0.393. The van der Waals surface area contributed by atoms with Crippen molar-refractivity contribution < 1.29 is 4.42 Å². The maximum atomic E-state index is 5.76. The molecule has 0 bridgehead atoms. The minimum Gasteiger partial charge on any atom is -0.439 e. The Morgan fingerprint density at radius 1 is 1.22 bits per heavy atom. The molecular formula is C17H19N5O. The molecule has 1 aromatic carbocycles. The predicted octanol–water partition coefficient (Wildman–Crippen LogP) is 2.38.